The lowest BCUT2D eigenvalue weighted by molar-refractivity contribution is 0.127. The largest absolute Gasteiger partial charge is 0.304 e. The molecule has 0 aromatic carbocycles. The summed E-state index contributed by atoms with van der Waals surface area (Å²) in [5.41, 5.74) is 0. The molecule has 0 amide bonds. The van der Waals surface area contributed by atoms with Gasteiger partial charge in [-0.3, -0.25) is 0 Å². The molecule has 2 nitrogen and oxygen atoms in total. The Morgan fingerprint density at radius 2 is 2.31 bits per heavy atom. The summed E-state index contributed by atoms with van der Waals surface area (Å²) in [6.45, 7) is 4.94. The predicted molar refractivity (Wildman–Crippen MR) is 56.9 cm³/mol. The van der Waals surface area contributed by atoms with Gasteiger partial charge in [-0.05, 0) is 18.6 Å². The van der Waals surface area contributed by atoms with Crippen LogP contribution in [-0.2, 0) is 11.3 Å². The lowest BCUT2D eigenvalue weighted by Crippen LogP contribution is -2.07. The molecule has 1 rings (SSSR count). The van der Waals surface area contributed by atoms with E-state index in [4.69, 9.17) is 5.90 Å². The van der Waals surface area contributed by atoms with Gasteiger partial charge >= 0.3 is 0 Å². The zero-order valence-electron chi connectivity index (χ0n) is 8.25. The maximum absolute atomic E-state index is 5.04. The van der Waals surface area contributed by atoms with Crippen LogP contribution in [0.3, 0.4) is 0 Å². The summed E-state index contributed by atoms with van der Waals surface area (Å²) in [5, 5.41) is 0. The molecule has 0 fully saturated rings. The summed E-state index contributed by atoms with van der Waals surface area (Å²) in [6, 6.07) is 4.38. The second-order valence-corrected chi connectivity index (χ2v) is 4.49. The van der Waals surface area contributed by atoms with E-state index < -0.39 is 0 Å². The van der Waals surface area contributed by atoms with E-state index in [0.29, 0.717) is 12.5 Å². The van der Waals surface area contributed by atoms with Gasteiger partial charge in [-0.1, -0.05) is 20.3 Å². The van der Waals surface area contributed by atoms with Gasteiger partial charge in [-0.15, -0.1) is 11.3 Å². The van der Waals surface area contributed by atoms with Crippen LogP contribution >= 0.6 is 11.3 Å². The van der Waals surface area contributed by atoms with Crippen molar-refractivity contribution in [3.8, 4) is 0 Å². The first-order chi connectivity index (χ1) is 6.27. The molecular formula is C10H17NOS. The highest BCUT2D eigenvalue weighted by Gasteiger charge is 2.07. The van der Waals surface area contributed by atoms with E-state index in [1.807, 2.05) is 11.3 Å². The molecule has 0 aliphatic heterocycles. The summed E-state index contributed by atoms with van der Waals surface area (Å²) in [6.07, 6.45) is 2.39. The number of aryl methyl sites for hydroxylation is 1. The molecule has 0 aliphatic rings. The van der Waals surface area contributed by atoms with Crippen LogP contribution in [0, 0.1) is 0 Å². The zero-order valence-corrected chi connectivity index (χ0v) is 9.06. The van der Waals surface area contributed by atoms with E-state index >= 15 is 0 Å². The van der Waals surface area contributed by atoms with Gasteiger partial charge in [0.1, 0.15) is 0 Å². The van der Waals surface area contributed by atoms with E-state index in [2.05, 4.69) is 30.8 Å². The van der Waals surface area contributed by atoms with Crippen molar-refractivity contribution in [3.63, 3.8) is 0 Å². The van der Waals surface area contributed by atoms with Crippen LogP contribution in [0.1, 0.15) is 35.9 Å². The summed E-state index contributed by atoms with van der Waals surface area (Å²) >= 11 is 1.87. The molecule has 13 heavy (non-hydrogen) atoms. The standard InChI is InChI=1S/C10H17NOS/c1-3-4-9-5-6-10(13-9)8(2)7-12-11/h5-6,8H,3-4,7,11H2,1-2H3. The van der Waals surface area contributed by atoms with Gasteiger partial charge in [0.25, 0.3) is 0 Å². The van der Waals surface area contributed by atoms with Gasteiger partial charge in [0.2, 0.25) is 0 Å². The Kier molecular flexibility index (Phi) is 4.42. The average Bonchev–Trinajstić information content (AvgIpc) is 2.54. The fourth-order valence-electron chi connectivity index (χ4n) is 1.27. The Hall–Kier alpha value is -0.380. The highest BCUT2D eigenvalue weighted by atomic mass is 32.1. The van der Waals surface area contributed by atoms with E-state index in [9.17, 15) is 0 Å². The number of nitrogens with two attached hydrogens (primary N) is 1. The van der Waals surface area contributed by atoms with Crippen molar-refractivity contribution in [2.24, 2.45) is 5.90 Å². The van der Waals surface area contributed by atoms with Crippen LogP contribution in [0.15, 0.2) is 12.1 Å². The minimum atomic E-state index is 0.417. The van der Waals surface area contributed by atoms with Crippen molar-refractivity contribution in [3.05, 3.63) is 21.9 Å². The van der Waals surface area contributed by atoms with E-state index in [0.717, 1.165) is 0 Å². The second-order valence-electron chi connectivity index (χ2n) is 3.29. The maximum Gasteiger partial charge on any atom is 0.0753 e. The Morgan fingerprint density at radius 1 is 1.54 bits per heavy atom. The third-order valence-electron chi connectivity index (χ3n) is 2.01. The Morgan fingerprint density at radius 3 is 2.92 bits per heavy atom. The monoisotopic (exact) mass is 199 g/mol. The number of rotatable bonds is 5. The highest BCUT2D eigenvalue weighted by Crippen LogP contribution is 2.25. The Balaban J connectivity index is 2.56. The van der Waals surface area contributed by atoms with Crippen molar-refractivity contribution in [2.45, 2.75) is 32.6 Å². The summed E-state index contributed by atoms with van der Waals surface area (Å²) in [4.78, 5) is 7.46. The first-order valence-electron chi connectivity index (χ1n) is 4.68. The topological polar surface area (TPSA) is 35.2 Å². The van der Waals surface area contributed by atoms with Crippen LogP contribution < -0.4 is 5.90 Å². The minimum absolute atomic E-state index is 0.417. The molecule has 1 aromatic rings. The molecule has 1 heterocycles. The lowest BCUT2D eigenvalue weighted by atomic mass is 10.1. The molecule has 1 aromatic heterocycles. The summed E-state index contributed by atoms with van der Waals surface area (Å²) in [5.74, 6) is 5.45. The SMILES string of the molecule is CCCc1ccc(C(C)CON)s1. The molecule has 1 atom stereocenters. The summed E-state index contributed by atoms with van der Waals surface area (Å²) in [7, 11) is 0. The molecule has 0 bridgehead atoms. The number of hydrogen-bond donors (Lipinski definition) is 1. The maximum atomic E-state index is 5.04. The molecule has 0 radical (unpaired) electrons. The van der Waals surface area contributed by atoms with Gasteiger partial charge in [-0.2, -0.15) is 0 Å². The van der Waals surface area contributed by atoms with Gasteiger partial charge in [0.05, 0.1) is 6.61 Å². The first kappa shape index (κ1) is 10.7. The Bertz CT molecular complexity index is 247. The lowest BCUT2D eigenvalue weighted by Gasteiger charge is -2.05. The van der Waals surface area contributed by atoms with Gasteiger partial charge < -0.3 is 4.84 Å². The third-order valence-corrected chi connectivity index (χ3v) is 3.39. The van der Waals surface area contributed by atoms with Crippen molar-refractivity contribution >= 4 is 11.3 Å². The average molecular weight is 199 g/mol. The van der Waals surface area contributed by atoms with E-state index in [1.54, 1.807) is 0 Å². The van der Waals surface area contributed by atoms with Gasteiger partial charge in [0, 0.05) is 15.7 Å². The van der Waals surface area contributed by atoms with Crippen LogP contribution in [0.5, 0.6) is 0 Å². The van der Waals surface area contributed by atoms with E-state index in [-0.39, 0.29) is 0 Å². The highest BCUT2D eigenvalue weighted by molar-refractivity contribution is 7.12. The summed E-state index contributed by atoms with van der Waals surface area (Å²) < 4.78 is 0. The molecule has 0 spiro atoms. The van der Waals surface area contributed by atoms with Crippen molar-refractivity contribution in [2.75, 3.05) is 6.61 Å². The predicted octanol–water partition coefficient (Wildman–Crippen LogP) is 2.69. The normalized spacial score (nSPS) is 13.2. The first-order valence-corrected chi connectivity index (χ1v) is 5.49. The van der Waals surface area contributed by atoms with Crippen molar-refractivity contribution in [1.29, 1.82) is 0 Å². The number of hydrogen-bond acceptors (Lipinski definition) is 3. The number of thiophene rings is 1. The molecule has 74 valence electrons. The molecule has 0 saturated carbocycles. The van der Waals surface area contributed by atoms with Gasteiger partial charge in [0.15, 0.2) is 0 Å². The molecule has 2 N–H and O–H groups in total. The van der Waals surface area contributed by atoms with Gasteiger partial charge in [-0.25, -0.2) is 5.90 Å². The molecule has 0 aliphatic carbocycles. The molecule has 0 saturated heterocycles. The molecule has 1 unspecified atom stereocenters. The zero-order chi connectivity index (χ0) is 9.68. The molecule has 3 heteroatoms. The quantitative estimate of drug-likeness (QED) is 0.740. The second kappa shape index (κ2) is 5.37. The van der Waals surface area contributed by atoms with Crippen molar-refractivity contribution < 1.29 is 4.84 Å². The molecular weight excluding hydrogens is 182 g/mol. The van der Waals surface area contributed by atoms with Crippen LogP contribution in [0.25, 0.3) is 0 Å². The van der Waals surface area contributed by atoms with Crippen molar-refractivity contribution in [1.82, 2.24) is 0 Å². The van der Waals surface area contributed by atoms with Crippen LogP contribution in [0.4, 0.5) is 0 Å². The third kappa shape index (κ3) is 3.10. The fraction of sp³-hybridized carbons (Fsp3) is 0.600. The fourth-order valence-corrected chi connectivity index (χ4v) is 2.42. The smallest absolute Gasteiger partial charge is 0.0753 e. The van der Waals surface area contributed by atoms with Crippen LogP contribution in [-0.4, -0.2) is 6.61 Å². The van der Waals surface area contributed by atoms with Crippen LogP contribution in [0.2, 0.25) is 0 Å². The minimum Gasteiger partial charge on any atom is -0.304 e. The Labute approximate surface area is 83.7 Å². The van der Waals surface area contributed by atoms with E-state index in [1.165, 1.54) is 22.6 Å².